The second-order valence-electron chi connectivity index (χ2n) is 6.12. The predicted octanol–water partition coefficient (Wildman–Crippen LogP) is 1.98. The van der Waals surface area contributed by atoms with Crippen LogP contribution in [0.4, 0.5) is 11.4 Å². The molecule has 5 heteroatoms. The van der Waals surface area contributed by atoms with E-state index in [1.165, 1.54) is 9.79 Å². The monoisotopic (exact) mass is 345 g/mol. The maximum Gasteiger partial charge on any atom is 0.121 e. The lowest BCUT2D eigenvalue weighted by molar-refractivity contribution is -0.696. The lowest BCUT2D eigenvalue weighted by Gasteiger charge is -2.34. The number of para-hydroxylation sites is 2. The van der Waals surface area contributed by atoms with Gasteiger partial charge in [-0.3, -0.25) is 0 Å². The maximum absolute atomic E-state index is 10.5. The number of anilines is 2. The van der Waals surface area contributed by atoms with Crippen molar-refractivity contribution in [2.75, 3.05) is 24.6 Å². The molecule has 4 N–H and O–H groups in total. The number of nitrogens with two attached hydrogens (primary N) is 1. The van der Waals surface area contributed by atoms with Gasteiger partial charge in [-0.25, -0.2) is 0 Å². The summed E-state index contributed by atoms with van der Waals surface area (Å²) in [5.74, 6) is 0. The zero-order valence-electron chi connectivity index (χ0n) is 13.9. The summed E-state index contributed by atoms with van der Waals surface area (Å²) in [6.45, 7) is 3.34. The van der Waals surface area contributed by atoms with Crippen LogP contribution in [0.1, 0.15) is 13.3 Å². The zero-order valence-corrected chi connectivity index (χ0v) is 14.7. The molecule has 0 fully saturated rings. The van der Waals surface area contributed by atoms with E-state index in [4.69, 9.17) is 0 Å². The van der Waals surface area contributed by atoms with Crippen molar-refractivity contribution in [2.45, 2.75) is 35.3 Å². The predicted molar refractivity (Wildman–Crippen MR) is 98.0 cm³/mol. The third-order valence-electron chi connectivity index (χ3n) is 4.43. The van der Waals surface area contributed by atoms with Crippen LogP contribution >= 0.6 is 11.8 Å². The molecule has 2 atom stereocenters. The van der Waals surface area contributed by atoms with Crippen molar-refractivity contribution in [3.63, 3.8) is 0 Å². The molecule has 0 aromatic heterocycles. The van der Waals surface area contributed by atoms with E-state index in [9.17, 15) is 10.2 Å². The number of rotatable bonds is 7. The molecule has 2 aromatic carbocycles. The number of quaternary nitrogens is 1. The van der Waals surface area contributed by atoms with Gasteiger partial charge in [-0.1, -0.05) is 43.0 Å². The molecule has 0 saturated heterocycles. The number of hydrogen-bond acceptors (Lipinski definition) is 4. The highest BCUT2D eigenvalue weighted by atomic mass is 32.2. The summed E-state index contributed by atoms with van der Waals surface area (Å²) < 4.78 is 0. The first kappa shape index (κ1) is 17.3. The molecule has 4 nitrogen and oxygen atoms in total. The van der Waals surface area contributed by atoms with Gasteiger partial charge in [0, 0.05) is 9.79 Å². The van der Waals surface area contributed by atoms with Crippen molar-refractivity contribution < 1.29 is 15.5 Å². The number of β-amino-alcohol motifs (C(OH)–C–C–N with tert-alkyl or cyclic N) is 1. The first-order valence-corrected chi connectivity index (χ1v) is 9.30. The van der Waals surface area contributed by atoms with Crippen LogP contribution in [0, 0.1) is 0 Å². The Bertz CT molecular complexity index is 630. The Morgan fingerprint density at radius 2 is 1.62 bits per heavy atom. The SMILES string of the molecule is CC[C@H](CO)[NH2+]C[C@@H](O)CN1c2ccccc2Sc2ccccc21. The summed E-state index contributed by atoms with van der Waals surface area (Å²) in [6, 6.07) is 16.8. The summed E-state index contributed by atoms with van der Waals surface area (Å²) >= 11 is 1.77. The number of nitrogens with zero attached hydrogens (tertiary/aromatic N) is 1. The fraction of sp³-hybridized carbons (Fsp3) is 0.368. The Labute approximate surface area is 147 Å². The molecule has 1 aliphatic rings. The van der Waals surface area contributed by atoms with Gasteiger partial charge in [0.05, 0.1) is 24.5 Å². The van der Waals surface area contributed by atoms with E-state index in [1.807, 2.05) is 17.4 Å². The summed E-state index contributed by atoms with van der Waals surface area (Å²) in [4.78, 5) is 4.64. The van der Waals surface area contributed by atoms with E-state index in [-0.39, 0.29) is 12.6 Å². The Hall–Kier alpha value is -1.53. The first-order chi connectivity index (χ1) is 11.7. The largest absolute Gasteiger partial charge is 0.390 e. The Balaban J connectivity index is 1.77. The molecule has 0 bridgehead atoms. The highest BCUT2D eigenvalue weighted by molar-refractivity contribution is 7.99. The minimum absolute atomic E-state index is 0.148. The van der Waals surface area contributed by atoms with Crippen LogP contribution in [-0.2, 0) is 0 Å². The van der Waals surface area contributed by atoms with Gasteiger partial charge in [-0.15, -0.1) is 0 Å². The number of benzene rings is 2. The average molecular weight is 345 g/mol. The standard InChI is InChI=1S/C19H24N2O2S/c1-2-14(13-22)20-11-15(23)12-21-16-7-3-5-9-18(16)24-19-10-6-4-8-17(19)21/h3-10,14-15,20,22-23H,2,11-13H2,1H3/p+1/t14-,15-/m1/s1. The molecule has 0 saturated carbocycles. The Kier molecular flexibility index (Phi) is 5.79. The first-order valence-electron chi connectivity index (χ1n) is 8.48. The van der Waals surface area contributed by atoms with Gasteiger partial charge in [-0.2, -0.15) is 0 Å². The van der Waals surface area contributed by atoms with E-state index >= 15 is 0 Å². The van der Waals surface area contributed by atoms with E-state index in [1.54, 1.807) is 11.8 Å². The van der Waals surface area contributed by atoms with Crippen LogP contribution in [0.5, 0.6) is 0 Å². The van der Waals surface area contributed by atoms with E-state index in [0.717, 1.165) is 17.8 Å². The molecule has 1 heterocycles. The fourth-order valence-corrected chi connectivity index (χ4v) is 4.08. The minimum Gasteiger partial charge on any atom is -0.390 e. The van der Waals surface area contributed by atoms with Crippen LogP contribution < -0.4 is 10.2 Å². The second-order valence-corrected chi connectivity index (χ2v) is 7.21. The topological polar surface area (TPSA) is 60.3 Å². The van der Waals surface area contributed by atoms with Crippen molar-refractivity contribution in [2.24, 2.45) is 0 Å². The second kappa shape index (κ2) is 8.03. The molecular formula is C19H25N2O2S+. The Morgan fingerprint density at radius 3 is 2.17 bits per heavy atom. The number of aliphatic hydroxyl groups excluding tert-OH is 2. The lowest BCUT2D eigenvalue weighted by atomic mass is 10.2. The molecule has 0 aliphatic carbocycles. The van der Waals surface area contributed by atoms with E-state index < -0.39 is 6.10 Å². The highest BCUT2D eigenvalue weighted by Gasteiger charge is 2.25. The minimum atomic E-state index is -0.463. The third-order valence-corrected chi connectivity index (χ3v) is 5.56. The molecule has 0 spiro atoms. The maximum atomic E-state index is 10.5. The van der Waals surface area contributed by atoms with E-state index in [2.05, 4.69) is 48.2 Å². The van der Waals surface area contributed by atoms with Crippen molar-refractivity contribution in [1.82, 2.24) is 0 Å². The van der Waals surface area contributed by atoms with Crippen molar-refractivity contribution in [3.05, 3.63) is 48.5 Å². The van der Waals surface area contributed by atoms with Crippen LogP contribution in [0.15, 0.2) is 58.3 Å². The molecule has 2 aromatic rings. The summed E-state index contributed by atoms with van der Waals surface area (Å²) in [7, 11) is 0. The molecular weight excluding hydrogens is 320 g/mol. The molecule has 0 amide bonds. The van der Waals surface area contributed by atoms with Crippen molar-refractivity contribution >= 4 is 23.1 Å². The van der Waals surface area contributed by atoms with E-state index in [0.29, 0.717) is 13.1 Å². The van der Waals surface area contributed by atoms with Gasteiger partial charge in [0.2, 0.25) is 0 Å². The molecule has 128 valence electrons. The van der Waals surface area contributed by atoms with Crippen molar-refractivity contribution in [3.8, 4) is 0 Å². The van der Waals surface area contributed by atoms with Gasteiger partial charge in [0.25, 0.3) is 0 Å². The van der Waals surface area contributed by atoms with Crippen LogP contribution in [0.25, 0.3) is 0 Å². The van der Waals surface area contributed by atoms with Gasteiger partial charge in [0.1, 0.15) is 18.7 Å². The van der Waals surface area contributed by atoms with Crippen molar-refractivity contribution in [1.29, 1.82) is 0 Å². The average Bonchev–Trinajstić information content (AvgIpc) is 2.62. The van der Waals surface area contributed by atoms with Gasteiger partial charge in [0.15, 0.2) is 0 Å². The highest BCUT2D eigenvalue weighted by Crippen LogP contribution is 2.47. The molecule has 0 unspecified atom stereocenters. The lowest BCUT2D eigenvalue weighted by Crippen LogP contribution is -2.92. The Morgan fingerprint density at radius 1 is 1.04 bits per heavy atom. The summed E-state index contributed by atoms with van der Waals surface area (Å²) in [5, 5.41) is 21.9. The smallest absolute Gasteiger partial charge is 0.121 e. The van der Waals surface area contributed by atoms with Crippen LogP contribution in [0.3, 0.4) is 0 Å². The molecule has 24 heavy (non-hydrogen) atoms. The van der Waals surface area contributed by atoms with Crippen LogP contribution in [-0.4, -0.2) is 42.1 Å². The quantitative estimate of drug-likeness (QED) is 0.718. The van der Waals surface area contributed by atoms with Gasteiger partial charge < -0.3 is 20.4 Å². The molecule has 1 aliphatic heterocycles. The number of hydrogen-bond donors (Lipinski definition) is 3. The van der Waals surface area contributed by atoms with Crippen LogP contribution in [0.2, 0.25) is 0 Å². The van der Waals surface area contributed by atoms with Gasteiger partial charge in [-0.05, 0) is 30.7 Å². The molecule has 0 radical (unpaired) electrons. The zero-order chi connectivity index (χ0) is 16.9. The number of fused-ring (bicyclic) bond motifs is 2. The number of aliphatic hydroxyl groups is 2. The third kappa shape index (κ3) is 3.75. The summed E-state index contributed by atoms with van der Waals surface area (Å²) in [5.41, 5.74) is 2.30. The normalized spacial score (nSPS) is 15.5. The fourth-order valence-electron chi connectivity index (χ4n) is 2.98. The summed E-state index contributed by atoms with van der Waals surface area (Å²) in [6.07, 6.45) is 0.435. The molecule has 3 rings (SSSR count). The van der Waals surface area contributed by atoms with Gasteiger partial charge >= 0.3 is 0 Å².